The van der Waals surface area contributed by atoms with Gasteiger partial charge in [-0.25, -0.2) is 0 Å². The van der Waals surface area contributed by atoms with Crippen LogP contribution in [0.3, 0.4) is 0 Å². The van der Waals surface area contributed by atoms with Gasteiger partial charge in [0.25, 0.3) is 0 Å². The SMILES string of the molecule is CC(C)(C)[Si](C)(C)C[Si](C)(Cl)C(C)(C)C.CCCC[N+](CCCC)(CCCC)CCCC.[F-]. The molecule has 0 saturated carbocycles. The molecule has 5 heteroatoms. The molecule has 0 amide bonds. The number of rotatable bonds is 14. The summed E-state index contributed by atoms with van der Waals surface area (Å²) in [5.41, 5.74) is 1.31. The van der Waals surface area contributed by atoms with Crippen molar-refractivity contribution in [3.05, 3.63) is 0 Å². The van der Waals surface area contributed by atoms with Gasteiger partial charge in [0.05, 0.1) is 34.3 Å². The fraction of sp³-hybridized carbons (Fsp3) is 1.00. The maximum Gasteiger partial charge on any atom is 0.156 e. The quantitative estimate of drug-likeness (QED) is 0.124. The van der Waals surface area contributed by atoms with E-state index in [0.29, 0.717) is 10.1 Å². The average molecular weight is 526 g/mol. The normalized spacial score (nSPS) is 14.7. The molecule has 0 aliphatic rings. The van der Waals surface area contributed by atoms with Crippen molar-refractivity contribution in [2.45, 2.75) is 156 Å². The second-order valence-electron chi connectivity index (χ2n) is 13.4. The van der Waals surface area contributed by atoms with Crippen molar-refractivity contribution < 1.29 is 9.19 Å². The van der Waals surface area contributed by atoms with E-state index in [9.17, 15) is 0 Å². The van der Waals surface area contributed by atoms with E-state index in [0.717, 1.165) is 0 Å². The molecule has 1 unspecified atom stereocenters. The van der Waals surface area contributed by atoms with Crippen LogP contribution < -0.4 is 4.70 Å². The molecular weight excluding hydrogens is 461 g/mol. The van der Waals surface area contributed by atoms with Crippen molar-refractivity contribution in [3.63, 3.8) is 0 Å². The van der Waals surface area contributed by atoms with Gasteiger partial charge in [-0.05, 0) is 41.4 Å². The van der Waals surface area contributed by atoms with Crippen LogP contribution in [0.2, 0.25) is 35.4 Å². The van der Waals surface area contributed by atoms with E-state index >= 15 is 0 Å². The fourth-order valence-corrected chi connectivity index (χ4v) is 17.9. The van der Waals surface area contributed by atoms with Gasteiger partial charge in [-0.15, -0.1) is 0 Å². The third-order valence-corrected chi connectivity index (χ3v) is 24.6. The summed E-state index contributed by atoms with van der Waals surface area (Å²) in [5, 5.41) is 0.769. The Balaban J connectivity index is -0.000000533. The third-order valence-electron chi connectivity index (χ3n) is 8.31. The molecule has 1 nitrogen and oxygen atoms in total. The van der Waals surface area contributed by atoms with E-state index in [-0.39, 0.29) is 4.70 Å². The second kappa shape index (κ2) is 17.1. The Hall–Kier alpha value is 0.614. The molecule has 0 fully saturated rings. The monoisotopic (exact) mass is 525 g/mol. The zero-order chi connectivity index (χ0) is 25.7. The molecule has 0 N–H and O–H groups in total. The Bertz CT molecular complexity index is 406. The minimum absolute atomic E-state index is 0. The molecule has 0 rings (SSSR count). The Morgan fingerprint density at radius 1 is 0.576 bits per heavy atom. The molecule has 0 aromatic heterocycles. The first-order valence-corrected chi connectivity index (χ1v) is 20.9. The van der Waals surface area contributed by atoms with Gasteiger partial charge in [0, 0.05) is 0 Å². The number of hydrogen-bond acceptors (Lipinski definition) is 0. The first kappa shape index (κ1) is 38.1. The summed E-state index contributed by atoms with van der Waals surface area (Å²) in [6, 6.07) is 0. The van der Waals surface area contributed by atoms with E-state index < -0.39 is 15.5 Å². The van der Waals surface area contributed by atoms with Crippen LogP contribution in [0.5, 0.6) is 0 Å². The summed E-state index contributed by atoms with van der Waals surface area (Å²) in [6.07, 6.45) is 11.1. The van der Waals surface area contributed by atoms with Gasteiger partial charge in [-0.1, -0.05) is 115 Å². The Kier molecular flexibility index (Phi) is 19.8. The minimum atomic E-state index is -1.62. The summed E-state index contributed by atoms with van der Waals surface area (Å²) < 4.78 is 1.42. The van der Waals surface area contributed by atoms with Gasteiger partial charge >= 0.3 is 0 Å². The molecule has 33 heavy (non-hydrogen) atoms. The number of nitrogens with zero attached hydrogens (tertiary/aromatic N) is 1. The highest BCUT2D eigenvalue weighted by molar-refractivity contribution is 7.25. The maximum atomic E-state index is 6.88. The van der Waals surface area contributed by atoms with Crippen LogP contribution in [-0.4, -0.2) is 46.1 Å². The summed E-state index contributed by atoms with van der Waals surface area (Å²) in [5.74, 6) is 0. The standard InChI is InChI=1S/C16H36N.C12H29ClSi2.FH/c1-5-9-13-17(14-10-6-2,15-11-7-3)16-12-8-4;1-11(2,3)14(7,8)10-15(9,13)12(4,5)6;/h5-16H2,1-4H3;10H2,1-9H3;1H/q+1;;/p-1. The van der Waals surface area contributed by atoms with E-state index in [1.807, 2.05) is 0 Å². The van der Waals surface area contributed by atoms with E-state index in [4.69, 9.17) is 11.1 Å². The topological polar surface area (TPSA) is 0 Å². The number of quaternary nitrogens is 1. The Labute approximate surface area is 217 Å². The molecule has 0 saturated heterocycles. The van der Waals surface area contributed by atoms with Crippen molar-refractivity contribution in [2.24, 2.45) is 0 Å². The first-order valence-electron chi connectivity index (χ1n) is 14.0. The van der Waals surface area contributed by atoms with Gasteiger partial charge in [-0.2, -0.15) is 11.1 Å². The average Bonchev–Trinajstić information content (AvgIpc) is 2.65. The Morgan fingerprint density at radius 2 is 0.848 bits per heavy atom. The zero-order valence-corrected chi connectivity index (χ0v) is 28.2. The molecule has 0 aromatic rings. The molecular formula is C28H65ClFNSi2. The lowest BCUT2D eigenvalue weighted by molar-refractivity contribution is -0.929. The van der Waals surface area contributed by atoms with Crippen molar-refractivity contribution in [2.75, 3.05) is 26.2 Å². The number of unbranched alkanes of at least 4 members (excludes halogenated alkanes) is 4. The van der Waals surface area contributed by atoms with E-state index in [1.54, 1.807) is 0 Å². The smallest absolute Gasteiger partial charge is 0.156 e. The minimum Gasteiger partial charge on any atom is -1.00 e. The van der Waals surface area contributed by atoms with Crippen molar-refractivity contribution in [1.29, 1.82) is 0 Å². The number of halogens is 2. The zero-order valence-electron chi connectivity index (χ0n) is 25.4. The van der Waals surface area contributed by atoms with Crippen LogP contribution in [0.25, 0.3) is 0 Å². The van der Waals surface area contributed by atoms with Crippen LogP contribution in [0.4, 0.5) is 0 Å². The second-order valence-corrected chi connectivity index (χ2v) is 26.5. The molecule has 0 radical (unpaired) electrons. The summed E-state index contributed by atoms with van der Waals surface area (Å²) in [7, 11) is -2.84. The van der Waals surface area contributed by atoms with E-state index in [2.05, 4.69) is 88.9 Å². The van der Waals surface area contributed by atoms with Gasteiger partial charge in [0.15, 0.2) is 7.38 Å². The van der Waals surface area contributed by atoms with Gasteiger partial charge < -0.3 is 9.19 Å². The van der Waals surface area contributed by atoms with Crippen LogP contribution >= 0.6 is 11.1 Å². The lowest BCUT2D eigenvalue weighted by atomic mass is 10.1. The third kappa shape index (κ3) is 15.4. The molecule has 0 heterocycles. The van der Waals surface area contributed by atoms with Crippen molar-refractivity contribution in [3.8, 4) is 0 Å². The van der Waals surface area contributed by atoms with Gasteiger partial charge in [-0.3, -0.25) is 0 Å². The largest absolute Gasteiger partial charge is 1.00 e. The lowest BCUT2D eigenvalue weighted by Gasteiger charge is -2.45. The molecule has 1 atom stereocenters. The summed E-state index contributed by atoms with van der Waals surface area (Å²) in [6.45, 7) is 36.4. The van der Waals surface area contributed by atoms with Crippen LogP contribution in [-0.2, 0) is 0 Å². The first-order chi connectivity index (χ1) is 14.4. The van der Waals surface area contributed by atoms with Crippen LogP contribution in [0.15, 0.2) is 0 Å². The van der Waals surface area contributed by atoms with Gasteiger partial charge in [0.2, 0.25) is 0 Å². The van der Waals surface area contributed by atoms with Crippen LogP contribution in [0, 0.1) is 0 Å². The highest BCUT2D eigenvalue weighted by Crippen LogP contribution is 2.49. The Morgan fingerprint density at radius 3 is 1.03 bits per heavy atom. The fourth-order valence-electron chi connectivity index (χ4n) is 4.01. The van der Waals surface area contributed by atoms with Crippen LogP contribution in [0.1, 0.15) is 121 Å². The predicted molar refractivity (Wildman–Crippen MR) is 159 cm³/mol. The molecule has 0 aliphatic carbocycles. The molecule has 204 valence electrons. The predicted octanol–water partition coefficient (Wildman–Crippen LogP) is 7.66. The highest BCUT2D eigenvalue weighted by atomic mass is 35.6. The van der Waals surface area contributed by atoms with Crippen molar-refractivity contribution in [1.82, 2.24) is 0 Å². The number of hydrogen-bond donors (Lipinski definition) is 0. The van der Waals surface area contributed by atoms with Crippen molar-refractivity contribution >= 4 is 26.5 Å². The molecule has 0 aromatic carbocycles. The summed E-state index contributed by atoms with van der Waals surface area (Å²) >= 11 is 6.88. The van der Waals surface area contributed by atoms with Gasteiger partial charge in [0.1, 0.15) is 0 Å². The van der Waals surface area contributed by atoms with E-state index in [1.165, 1.54) is 87.7 Å². The molecule has 0 spiro atoms. The molecule has 0 aliphatic heterocycles. The highest BCUT2D eigenvalue weighted by Gasteiger charge is 2.47. The molecule has 0 bridgehead atoms. The summed E-state index contributed by atoms with van der Waals surface area (Å²) in [4.78, 5) is 0. The maximum absolute atomic E-state index is 6.88. The lowest BCUT2D eigenvalue weighted by Crippen LogP contribution is -3.00.